The lowest BCUT2D eigenvalue weighted by Crippen LogP contribution is -2.36. The molecule has 1 aliphatic carbocycles. The van der Waals surface area contributed by atoms with E-state index in [9.17, 15) is 32.7 Å². The maximum absolute atomic E-state index is 13.5. The SMILES string of the molecule is O=C(NC[C@@H](O)C(=O)O)c1ccc(CN(C(=O)Nc2cccc(C(F)(F)F)c2Cl)c2ccc(C3=CCCCC3)cc2)cc1. The minimum absolute atomic E-state index is 0.00984. The van der Waals surface area contributed by atoms with Crippen molar-refractivity contribution in [2.45, 2.75) is 44.5 Å². The van der Waals surface area contributed by atoms with Crippen LogP contribution in [0.15, 0.2) is 72.8 Å². The van der Waals surface area contributed by atoms with Gasteiger partial charge in [0.2, 0.25) is 0 Å². The first kappa shape index (κ1) is 31.6. The van der Waals surface area contributed by atoms with Gasteiger partial charge in [0.05, 0.1) is 29.4 Å². The highest BCUT2D eigenvalue weighted by atomic mass is 35.5. The van der Waals surface area contributed by atoms with Gasteiger partial charge in [-0.25, -0.2) is 9.59 Å². The Bertz CT molecular complexity index is 1510. The number of hydrogen-bond donors (Lipinski definition) is 4. The van der Waals surface area contributed by atoms with Gasteiger partial charge >= 0.3 is 18.2 Å². The molecule has 226 valence electrons. The number of allylic oxidation sites excluding steroid dienone is 2. The maximum Gasteiger partial charge on any atom is 0.417 e. The summed E-state index contributed by atoms with van der Waals surface area (Å²) in [5.74, 6) is -2.07. The van der Waals surface area contributed by atoms with Crippen LogP contribution in [-0.2, 0) is 17.5 Å². The number of nitrogens with one attached hydrogen (secondary N) is 2. The average molecular weight is 616 g/mol. The molecule has 0 spiro atoms. The van der Waals surface area contributed by atoms with Gasteiger partial charge < -0.3 is 20.8 Å². The third-order valence-electron chi connectivity index (χ3n) is 6.93. The van der Waals surface area contributed by atoms with Gasteiger partial charge in [-0.1, -0.05) is 48.0 Å². The second kappa shape index (κ2) is 13.7. The number of nitrogens with zero attached hydrogens (tertiary/aromatic N) is 1. The van der Waals surface area contributed by atoms with Crippen LogP contribution >= 0.6 is 11.6 Å². The highest BCUT2D eigenvalue weighted by Crippen LogP contribution is 2.38. The van der Waals surface area contributed by atoms with Crippen molar-refractivity contribution in [1.82, 2.24) is 5.32 Å². The zero-order valence-corrected chi connectivity index (χ0v) is 23.6. The van der Waals surface area contributed by atoms with Crippen molar-refractivity contribution >= 4 is 46.5 Å². The molecule has 3 aromatic rings. The van der Waals surface area contributed by atoms with Crippen LogP contribution < -0.4 is 15.5 Å². The number of carbonyl (C=O) groups excluding carboxylic acids is 2. The molecular formula is C31H29ClF3N3O5. The molecule has 0 aliphatic heterocycles. The lowest BCUT2D eigenvalue weighted by molar-refractivity contribution is -0.146. The molecule has 1 atom stereocenters. The van der Waals surface area contributed by atoms with Crippen LogP contribution in [0.5, 0.6) is 0 Å². The number of rotatable bonds is 9. The Hall–Kier alpha value is -4.35. The summed E-state index contributed by atoms with van der Waals surface area (Å²) in [6.45, 7) is -0.487. The van der Waals surface area contributed by atoms with Crippen LogP contribution in [-0.4, -0.2) is 40.8 Å². The highest BCUT2D eigenvalue weighted by molar-refractivity contribution is 6.34. The predicted octanol–water partition coefficient (Wildman–Crippen LogP) is 6.73. The van der Waals surface area contributed by atoms with Crippen molar-refractivity contribution in [1.29, 1.82) is 0 Å². The number of aliphatic hydroxyl groups excluding tert-OH is 1. The van der Waals surface area contributed by atoms with Gasteiger partial charge in [0.15, 0.2) is 6.10 Å². The van der Waals surface area contributed by atoms with Crippen molar-refractivity contribution in [3.8, 4) is 0 Å². The number of carbonyl (C=O) groups is 3. The van der Waals surface area contributed by atoms with Crippen molar-refractivity contribution in [3.63, 3.8) is 0 Å². The first-order valence-corrected chi connectivity index (χ1v) is 13.8. The lowest BCUT2D eigenvalue weighted by Gasteiger charge is -2.25. The number of aliphatic carboxylic acids is 1. The van der Waals surface area contributed by atoms with E-state index in [4.69, 9.17) is 16.7 Å². The number of amides is 3. The van der Waals surface area contributed by atoms with Gasteiger partial charge in [0.25, 0.3) is 5.91 Å². The number of hydrogen-bond acceptors (Lipinski definition) is 4. The molecule has 0 unspecified atom stereocenters. The van der Waals surface area contributed by atoms with Crippen molar-refractivity contribution in [3.05, 3.63) is 100 Å². The average Bonchev–Trinajstić information content (AvgIpc) is 2.99. The molecule has 3 aromatic carbocycles. The molecule has 8 nitrogen and oxygen atoms in total. The summed E-state index contributed by atoms with van der Waals surface area (Å²) in [7, 11) is 0. The summed E-state index contributed by atoms with van der Waals surface area (Å²) in [4.78, 5) is 38.0. The Morgan fingerprint density at radius 1 is 0.977 bits per heavy atom. The zero-order chi connectivity index (χ0) is 31.1. The van der Waals surface area contributed by atoms with E-state index in [0.717, 1.165) is 43.4 Å². The predicted molar refractivity (Wildman–Crippen MR) is 157 cm³/mol. The van der Waals surface area contributed by atoms with Gasteiger partial charge in [-0.2, -0.15) is 13.2 Å². The van der Waals surface area contributed by atoms with E-state index < -0.39 is 47.3 Å². The van der Waals surface area contributed by atoms with Crippen molar-refractivity contribution in [2.24, 2.45) is 0 Å². The molecule has 0 bridgehead atoms. The van der Waals surface area contributed by atoms with E-state index in [1.54, 1.807) is 24.3 Å². The molecule has 0 aromatic heterocycles. The summed E-state index contributed by atoms with van der Waals surface area (Å²) in [5.41, 5.74) is 2.22. The van der Waals surface area contributed by atoms with Crippen LogP contribution in [0.3, 0.4) is 0 Å². The quantitative estimate of drug-likeness (QED) is 0.213. The highest BCUT2D eigenvalue weighted by Gasteiger charge is 2.34. The largest absolute Gasteiger partial charge is 0.479 e. The van der Waals surface area contributed by atoms with E-state index in [1.165, 1.54) is 28.7 Å². The lowest BCUT2D eigenvalue weighted by atomic mass is 9.93. The number of carboxylic acids is 1. The number of carboxylic acid groups (broad SMARTS) is 1. The summed E-state index contributed by atoms with van der Waals surface area (Å²) >= 11 is 6.02. The summed E-state index contributed by atoms with van der Waals surface area (Å²) in [6, 6.07) is 15.9. The number of aliphatic hydroxyl groups is 1. The molecule has 0 saturated heterocycles. The standard InChI is InChI=1S/C31H29ClF3N3O5/c32-27-24(31(33,34)35)7-4-8-25(27)37-30(43)38(23-15-13-21(14-16-23)20-5-2-1-3-6-20)18-19-9-11-22(12-10-19)28(40)36-17-26(39)29(41)42/h4-5,7-16,26,39H,1-3,6,17-18H2,(H,36,40)(H,37,43)(H,41,42)/t26-/m1/s1. The molecule has 43 heavy (non-hydrogen) atoms. The fraction of sp³-hybridized carbons (Fsp3) is 0.258. The molecule has 4 N–H and O–H groups in total. The van der Waals surface area contributed by atoms with Crippen LogP contribution in [0.25, 0.3) is 5.57 Å². The molecule has 3 amide bonds. The third-order valence-corrected chi connectivity index (χ3v) is 7.34. The molecule has 4 rings (SSSR count). The van der Waals surface area contributed by atoms with Gasteiger partial charge in [0.1, 0.15) is 0 Å². The Balaban J connectivity index is 1.58. The Kier molecular flexibility index (Phi) is 10.1. The zero-order valence-electron chi connectivity index (χ0n) is 22.8. The van der Waals surface area contributed by atoms with Gasteiger partial charge in [0, 0.05) is 11.3 Å². The minimum atomic E-state index is -4.71. The number of anilines is 2. The third kappa shape index (κ3) is 8.14. The Morgan fingerprint density at radius 2 is 1.67 bits per heavy atom. The van der Waals surface area contributed by atoms with Gasteiger partial charge in [-0.05, 0) is 78.8 Å². The summed E-state index contributed by atoms with van der Waals surface area (Å²) in [5, 5.41) is 22.3. The van der Waals surface area contributed by atoms with E-state index in [1.807, 2.05) is 12.1 Å². The molecule has 12 heteroatoms. The molecule has 0 saturated carbocycles. The number of urea groups is 1. The summed E-state index contributed by atoms with van der Waals surface area (Å²) < 4.78 is 40.2. The smallest absolute Gasteiger partial charge is 0.417 e. The molecule has 0 radical (unpaired) electrons. The van der Waals surface area contributed by atoms with E-state index in [-0.39, 0.29) is 17.8 Å². The van der Waals surface area contributed by atoms with Crippen LogP contribution in [0.1, 0.15) is 52.7 Å². The maximum atomic E-state index is 13.5. The number of alkyl halides is 3. The second-order valence-corrected chi connectivity index (χ2v) is 10.3. The molecule has 1 aliphatic rings. The van der Waals surface area contributed by atoms with Crippen molar-refractivity contribution in [2.75, 3.05) is 16.8 Å². The first-order chi connectivity index (χ1) is 20.4. The van der Waals surface area contributed by atoms with Gasteiger partial charge in [-0.15, -0.1) is 0 Å². The minimum Gasteiger partial charge on any atom is -0.479 e. The first-order valence-electron chi connectivity index (χ1n) is 13.5. The fourth-order valence-electron chi connectivity index (χ4n) is 4.59. The van der Waals surface area contributed by atoms with Crippen LogP contribution in [0.2, 0.25) is 5.02 Å². The fourth-order valence-corrected chi connectivity index (χ4v) is 4.87. The van der Waals surface area contributed by atoms with Crippen LogP contribution in [0, 0.1) is 0 Å². The van der Waals surface area contributed by atoms with E-state index in [0.29, 0.717) is 11.3 Å². The van der Waals surface area contributed by atoms with Gasteiger partial charge in [-0.3, -0.25) is 9.69 Å². The second-order valence-electron chi connectivity index (χ2n) is 9.96. The van der Waals surface area contributed by atoms with Crippen LogP contribution in [0.4, 0.5) is 29.3 Å². The molecule has 0 fully saturated rings. The Labute approximate surface area is 250 Å². The normalized spacial score (nSPS) is 13.9. The summed E-state index contributed by atoms with van der Waals surface area (Å²) in [6.07, 6.45) is -0.0857. The number of benzene rings is 3. The van der Waals surface area contributed by atoms with Crippen molar-refractivity contribution < 1.29 is 37.8 Å². The van der Waals surface area contributed by atoms with E-state index >= 15 is 0 Å². The topological polar surface area (TPSA) is 119 Å². The van der Waals surface area contributed by atoms with E-state index in [2.05, 4.69) is 16.7 Å². The Morgan fingerprint density at radius 3 is 2.28 bits per heavy atom. The monoisotopic (exact) mass is 615 g/mol. The number of halogens is 4. The molecular weight excluding hydrogens is 587 g/mol. The molecule has 0 heterocycles.